The average Bonchev–Trinajstić information content (AvgIpc) is 2.00. The van der Waals surface area contributed by atoms with Crippen molar-refractivity contribution < 1.29 is 23.9 Å². The molecule has 0 spiro atoms. The highest BCUT2D eigenvalue weighted by atomic mass is 35.5. The van der Waals surface area contributed by atoms with Gasteiger partial charge < -0.3 is 9.47 Å². The number of rotatable bonds is 7. The quantitative estimate of drug-likeness (QED) is 0.499. The standard InChI is InChI=1S/C8H10Cl2O5/c1-14-4-8(13)15-5(2-6(9)11)3-7(10)12/h5H,2-4H2,1H3. The van der Waals surface area contributed by atoms with Crippen LogP contribution in [0.1, 0.15) is 12.8 Å². The molecule has 15 heavy (non-hydrogen) atoms. The molecule has 0 N–H and O–H groups in total. The number of hydrogen-bond donors (Lipinski definition) is 0. The number of methoxy groups -OCH3 is 1. The molecule has 0 radical (unpaired) electrons. The van der Waals surface area contributed by atoms with Crippen LogP contribution >= 0.6 is 23.2 Å². The predicted octanol–water partition coefficient (Wildman–Crippen LogP) is 0.856. The van der Waals surface area contributed by atoms with E-state index in [1.807, 2.05) is 0 Å². The second-order valence-corrected chi connectivity index (χ2v) is 3.51. The molecule has 0 fully saturated rings. The number of carbonyl (C=O) groups is 3. The number of halogens is 2. The molecule has 0 heterocycles. The van der Waals surface area contributed by atoms with Crippen molar-refractivity contribution in [3.63, 3.8) is 0 Å². The Morgan fingerprint density at radius 3 is 1.93 bits per heavy atom. The lowest BCUT2D eigenvalue weighted by Crippen LogP contribution is -2.24. The molecule has 0 atom stereocenters. The fraction of sp³-hybridized carbons (Fsp3) is 0.625. The molecule has 0 aromatic carbocycles. The maximum absolute atomic E-state index is 11.0. The minimum absolute atomic E-state index is 0.254. The summed E-state index contributed by atoms with van der Waals surface area (Å²) in [6.07, 6.45) is -1.44. The van der Waals surface area contributed by atoms with Crippen LogP contribution in [-0.4, -0.2) is 36.3 Å². The lowest BCUT2D eigenvalue weighted by atomic mass is 10.2. The Kier molecular flexibility index (Phi) is 7.29. The first kappa shape index (κ1) is 14.3. The van der Waals surface area contributed by atoms with Crippen LogP contribution in [-0.2, 0) is 23.9 Å². The molecule has 0 aromatic rings. The highest BCUT2D eigenvalue weighted by Crippen LogP contribution is 2.09. The van der Waals surface area contributed by atoms with E-state index in [1.165, 1.54) is 7.11 Å². The molecule has 0 saturated heterocycles. The Hall–Kier alpha value is -0.650. The van der Waals surface area contributed by atoms with Gasteiger partial charge in [0.1, 0.15) is 12.7 Å². The highest BCUT2D eigenvalue weighted by molar-refractivity contribution is 6.64. The first-order valence-corrected chi connectivity index (χ1v) is 4.76. The normalized spacial score (nSPS) is 10.1. The largest absolute Gasteiger partial charge is 0.460 e. The monoisotopic (exact) mass is 256 g/mol. The molecular formula is C8H10Cl2O5. The minimum atomic E-state index is -0.928. The van der Waals surface area contributed by atoms with E-state index in [0.29, 0.717) is 0 Å². The molecule has 0 aromatic heterocycles. The SMILES string of the molecule is COCC(=O)OC(CC(=O)Cl)CC(=O)Cl. The van der Waals surface area contributed by atoms with E-state index in [4.69, 9.17) is 27.9 Å². The van der Waals surface area contributed by atoms with E-state index in [2.05, 4.69) is 4.74 Å². The Balaban J connectivity index is 4.16. The van der Waals surface area contributed by atoms with Crippen molar-refractivity contribution >= 4 is 39.7 Å². The maximum Gasteiger partial charge on any atom is 0.332 e. The second-order valence-electron chi connectivity index (χ2n) is 2.66. The third-order valence-electron chi connectivity index (χ3n) is 1.34. The number of carbonyl (C=O) groups excluding carboxylic acids is 3. The van der Waals surface area contributed by atoms with Crippen LogP contribution < -0.4 is 0 Å². The topological polar surface area (TPSA) is 69.7 Å². The summed E-state index contributed by atoms with van der Waals surface area (Å²) in [5, 5.41) is -1.41. The minimum Gasteiger partial charge on any atom is -0.460 e. The van der Waals surface area contributed by atoms with Gasteiger partial charge in [0.05, 0.1) is 12.8 Å². The molecule has 0 bridgehead atoms. The summed E-state index contributed by atoms with van der Waals surface area (Å²) >= 11 is 10.2. The summed E-state index contributed by atoms with van der Waals surface area (Å²) in [7, 11) is 1.32. The van der Waals surface area contributed by atoms with Gasteiger partial charge in [-0.25, -0.2) is 4.79 Å². The van der Waals surface area contributed by atoms with E-state index in [-0.39, 0.29) is 19.4 Å². The van der Waals surface area contributed by atoms with Crippen molar-refractivity contribution in [1.82, 2.24) is 0 Å². The molecule has 0 saturated carbocycles. The summed E-state index contributed by atoms with van der Waals surface area (Å²) in [6, 6.07) is 0. The van der Waals surface area contributed by atoms with Gasteiger partial charge in [-0.3, -0.25) is 9.59 Å². The molecular weight excluding hydrogens is 247 g/mol. The van der Waals surface area contributed by atoms with Crippen LogP contribution in [0.4, 0.5) is 0 Å². The summed E-state index contributed by atoms with van der Waals surface area (Å²) < 4.78 is 9.24. The molecule has 0 amide bonds. The van der Waals surface area contributed by atoms with Crippen molar-refractivity contribution in [2.75, 3.05) is 13.7 Å². The van der Waals surface area contributed by atoms with Gasteiger partial charge >= 0.3 is 5.97 Å². The van der Waals surface area contributed by atoms with Crippen LogP contribution in [0.2, 0.25) is 0 Å². The molecule has 0 unspecified atom stereocenters. The van der Waals surface area contributed by atoms with Crippen LogP contribution in [0.5, 0.6) is 0 Å². The van der Waals surface area contributed by atoms with Gasteiger partial charge in [-0.1, -0.05) is 0 Å². The Bertz CT molecular complexity index is 237. The van der Waals surface area contributed by atoms with Crippen LogP contribution in [0.25, 0.3) is 0 Å². The average molecular weight is 257 g/mol. The van der Waals surface area contributed by atoms with E-state index < -0.39 is 22.6 Å². The molecule has 0 aliphatic carbocycles. The third-order valence-corrected chi connectivity index (χ3v) is 1.65. The number of ether oxygens (including phenoxy) is 2. The van der Waals surface area contributed by atoms with Crippen molar-refractivity contribution in [1.29, 1.82) is 0 Å². The highest BCUT2D eigenvalue weighted by Gasteiger charge is 2.19. The first-order chi connectivity index (χ1) is 6.95. The molecule has 86 valence electrons. The summed E-state index contributed by atoms with van der Waals surface area (Å²) in [4.78, 5) is 32.1. The van der Waals surface area contributed by atoms with Crippen molar-refractivity contribution in [2.24, 2.45) is 0 Å². The summed E-state index contributed by atoms with van der Waals surface area (Å²) in [5.41, 5.74) is 0. The Labute approximate surface area is 96.6 Å². The van der Waals surface area contributed by atoms with Gasteiger partial charge in [0, 0.05) is 7.11 Å². The van der Waals surface area contributed by atoms with Crippen molar-refractivity contribution in [2.45, 2.75) is 18.9 Å². The Morgan fingerprint density at radius 1 is 1.13 bits per heavy atom. The van der Waals surface area contributed by atoms with E-state index in [9.17, 15) is 14.4 Å². The zero-order chi connectivity index (χ0) is 11.8. The first-order valence-electron chi connectivity index (χ1n) is 4.00. The number of esters is 1. The van der Waals surface area contributed by atoms with Gasteiger partial charge in [-0.05, 0) is 23.2 Å². The zero-order valence-electron chi connectivity index (χ0n) is 8.00. The fourth-order valence-electron chi connectivity index (χ4n) is 0.851. The van der Waals surface area contributed by atoms with Gasteiger partial charge in [-0.2, -0.15) is 0 Å². The van der Waals surface area contributed by atoms with Gasteiger partial charge in [0.2, 0.25) is 10.5 Å². The van der Waals surface area contributed by atoms with Gasteiger partial charge in [0.25, 0.3) is 0 Å². The predicted molar refractivity (Wildman–Crippen MR) is 52.7 cm³/mol. The molecule has 0 rings (SSSR count). The van der Waals surface area contributed by atoms with Gasteiger partial charge in [-0.15, -0.1) is 0 Å². The van der Waals surface area contributed by atoms with Crippen LogP contribution in [0.15, 0.2) is 0 Å². The summed E-state index contributed by atoms with van der Waals surface area (Å²) in [5.74, 6) is -0.682. The Morgan fingerprint density at radius 2 is 1.60 bits per heavy atom. The third kappa shape index (κ3) is 8.35. The van der Waals surface area contributed by atoms with Crippen molar-refractivity contribution in [3.05, 3.63) is 0 Å². The van der Waals surface area contributed by atoms with E-state index in [1.54, 1.807) is 0 Å². The lowest BCUT2D eigenvalue weighted by molar-refractivity contribution is -0.154. The van der Waals surface area contributed by atoms with Crippen LogP contribution in [0, 0.1) is 0 Å². The zero-order valence-corrected chi connectivity index (χ0v) is 9.51. The molecule has 7 heteroatoms. The second kappa shape index (κ2) is 7.62. The van der Waals surface area contributed by atoms with Gasteiger partial charge in [0.15, 0.2) is 0 Å². The lowest BCUT2D eigenvalue weighted by Gasteiger charge is -2.13. The maximum atomic E-state index is 11.0. The molecule has 0 aliphatic heterocycles. The fourth-order valence-corrected chi connectivity index (χ4v) is 1.20. The summed E-state index contributed by atoms with van der Waals surface area (Å²) in [6.45, 7) is -0.260. The van der Waals surface area contributed by atoms with Crippen molar-refractivity contribution in [3.8, 4) is 0 Å². The molecule has 5 nitrogen and oxygen atoms in total. The van der Waals surface area contributed by atoms with E-state index >= 15 is 0 Å². The number of hydrogen-bond acceptors (Lipinski definition) is 5. The smallest absolute Gasteiger partial charge is 0.332 e. The molecule has 0 aliphatic rings. The van der Waals surface area contributed by atoms with E-state index in [0.717, 1.165) is 0 Å². The van der Waals surface area contributed by atoms with Crippen LogP contribution in [0.3, 0.4) is 0 Å².